The molecule has 0 unspecified atom stereocenters. The Bertz CT molecular complexity index is 558. The number of nitrogens with zero attached hydrogens (tertiary/aromatic N) is 1. The Morgan fingerprint density at radius 3 is 2.80 bits per heavy atom. The van der Waals surface area contributed by atoms with Crippen LogP contribution in [-0.2, 0) is 16.4 Å². The van der Waals surface area contributed by atoms with Crippen LogP contribution >= 0.6 is 11.8 Å². The zero-order chi connectivity index (χ0) is 14.6. The molecule has 1 saturated heterocycles. The van der Waals surface area contributed by atoms with E-state index in [1.54, 1.807) is 11.8 Å². The van der Waals surface area contributed by atoms with E-state index in [1.165, 1.54) is 4.90 Å². The van der Waals surface area contributed by atoms with Gasteiger partial charge in [0, 0.05) is 35.8 Å². The summed E-state index contributed by atoms with van der Waals surface area (Å²) >= 11 is 1.78. The van der Waals surface area contributed by atoms with E-state index in [2.05, 4.69) is 24.0 Å². The van der Waals surface area contributed by atoms with Gasteiger partial charge in [-0.3, -0.25) is 0 Å². The van der Waals surface area contributed by atoms with E-state index in [1.807, 2.05) is 6.07 Å². The molecule has 1 aromatic carbocycles. The van der Waals surface area contributed by atoms with Crippen molar-refractivity contribution < 1.29 is 8.42 Å². The summed E-state index contributed by atoms with van der Waals surface area (Å²) in [7, 11) is -2.88. The molecule has 1 heterocycles. The van der Waals surface area contributed by atoms with Crippen LogP contribution in [0.4, 0.5) is 5.69 Å². The first-order chi connectivity index (χ1) is 9.57. The third kappa shape index (κ3) is 3.68. The second-order valence-corrected chi connectivity index (χ2v) is 8.49. The molecule has 0 radical (unpaired) electrons. The summed E-state index contributed by atoms with van der Waals surface area (Å²) < 4.78 is 23.4. The van der Waals surface area contributed by atoms with Gasteiger partial charge in [-0.2, -0.15) is 0 Å². The summed E-state index contributed by atoms with van der Waals surface area (Å²) in [6.07, 6.45) is 0.692. The van der Waals surface area contributed by atoms with Crippen molar-refractivity contribution in [2.45, 2.75) is 24.8 Å². The van der Waals surface area contributed by atoms with Gasteiger partial charge in [-0.25, -0.2) is 8.42 Å². The molecule has 0 saturated carbocycles. The number of nitrogens with two attached hydrogens (primary N) is 1. The number of anilines is 1. The molecule has 0 bridgehead atoms. The highest BCUT2D eigenvalue weighted by Crippen LogP contribution is 2.31. The molecule has 0 atom stereocenters. The molecule has 1 aliphatic heterocycles. The fourth-order valence-corrected chi connectivity index (χ4v) is 4.65. The van der Waals surface area contributed by atoms with E-state index in [9.17, 15) is 8.42 Å². The van der Waals surface area contributed by atoms with Crippen LogP contribution in [0.5, 0.6) is 0 Å². The molecule has 1 aromatic rings. The Morgan fingerprint density at radius 2 is 2.10 bits per heavy atom. The Hall–Kier alpha value is -0.720. The third-order valence-electron chi connectivity index (χ3n) is 3.51. The van der Waals surface area contributed by atoms with Crippen LogP contribution in [0.25, 0.3) is 0 Å². The first-order valence-corrected chi connectivity index (χ1v) is 9.78. The Morgan fingerprint density at radius 1 is 1.30 bits per heavy atom. The lowest BCUT2D eigenvalue weighted by atomic mass is 10.1. The molecule has 2 N–H and O–H groups in total. The van der Waals surface area contributed by atoms with Crippen LogP contribution in [-0.4, -0.2) is 38.8 Å². The average Bonchev–Trinajstić information content (AvgIpc) is 2.60. The van der Waals surface area contributed by atoms with Crippen molar-refractivity contribution in [3.8, 4) is 0 Å². The first kappa shape index (κ1) is 15.7. The van der Waals surface area contributed by atoms with Crippen molar-refractivity contribution in [2.75, 3.05) is 35.2 Å². The predicted octanol–water partition coefficient (Wildman–Crippen LogP) is 1.88. The zero-order valence-corrected chi connectivity index (χ0v) is 13.5. The molecule has 1 fully saturated rings. The number of hydrogen-bond donors (Lipinski definition) is 1. The van der Waals surface area contributed by atoms with Gasteiger partial charge in [-0.15, -0.1) is 11.8 Å². The van der Waals surface area contributed by atoms with E-state index in [4.69, 9.17) is 5.73 Å². The van der Waals surface area contributed by atoms with Gasteiger partial charge >= 0.3 is 0 Å². The highest BCUT2D eigenvalue weighted by molar-refractivity contribution is 7.99. The van der Waals surface area contributed by atoms with E-state index in [-0.39, 0.29) is 5.75 Å². The van der Waals surface area contributed by atoms with Crippen molar-refractivity contribution in [1.82, 2.24) is 0 Å². The van der Waals surface area contributed by atoms with Crippen LogP contribution < -0.4 is 10.6 Å². The minimum absolute atomic E-state index is 0.238. The lowest BCUT2D eigenvalue weighted by Gasteiger charge is -2.26. The largest absolute Gasteiger partial charge is 0.370 e. The van der Waals surface area contributed by atoms with E-state index in [0.29, 0.717) is 25.3 Å². The second-order valence-electron chi connectivity index (χ2n) is 4.88. The molecule has 0 aromatic heterocycles. The van der Waals surface area contributed by atoms with Crippen LogP contribution in [0.1, 0.15) is 18.9 Å². The van der Waals surface area contributed by atoms with Gasteiger partial charge in [0.15, 0.2) is 9.84 Å². The maximum absolute atomic E-state index is 11.7. The molecule has 0 spiro atoms. The predicted molar refractivity (Wildman–Crippen MR) is 86.2 cm³/mol. The molecule has 4 nitrogen and oxygen atoms in total. The summed E-state index contributed by atoms with van der Waals surface area (Å²) in [6.45, 7) is 3.96. The zero-order valence-electron chi connectivity index (χ0n) is 11.8. The normalized spacial score (nSPS) is 18.8. The maximum Gasteiger partial charge on any atom is 0.152 e. The smallest absolute Gasteiger partial charge is 0.152 e. The minimum Gasteiger partial charge on any atom is -0.370 e. The van der Waals surface area contributed by atoms with Gasteiger partial charge in [0.1, 0.15) is 0 Å². The number of thioether (sulfide) groups is 1. The molecule has 112 valence electrons. The fraction of sp³-hybridized carbons (Fsp3) is 0.571. The van der Waals surface area contributed by atoms with Crippen LogP contribution in [0.2, 0.25) is 0 Å². The monoisotopic (exact) mass is 314 g/mol. The summed E-state index contributed by atoms with van der Waals surface area (Å²) in [4.78, 5) is 3.38. The van der Waals surface area contributed by atoms with Crippen molar-refractivity contribution in [2.24, 2.45) is 5.73 Å². The summed E-state index contributed by atoms with van der Waals surface area (Å²) in [6, 6.07) is 6.18. The van der Waals surface area contributed by atoms with Gasteiger partial charge in [-0.05, 0) is 24.3 Å². The highest BCUT2D eigenvalue weighted by atomic mass is 32.2. The number of sulfone groups is 1. The molecular formula is C14H22N2O2S2. The molecule has 1 aliphatic rings. The molecule has 20 heavy (non-hydrogen) atoms. The topological polar surface area (TPSA) is 63.4 Å². The molecule has 6 heteroatoms. The quantitative estimate of drug-likeness (QED) is 0.860. The van der Waals surface area contributed by atoms with Gasteiger partial charge in [-0.1, -0.05) is 13.0 Å². The number of hydrogen-bond acceptors (Lipinski definition) is 5. The molecule has 2 rings (SSSR count). The lowest BCUT2D eigenvalue weighted by Crippen LogP contribution is -2.28. The highest BCUT2D eigenvalue weighted by Gasteiger charge is 2.21. The minimum atomic E-state index is -2.88. The Labute approximate surface area is 125 Å². The second kappa shape index (κ2) is 6.83. The van der Waals surface area contributed by atoms with Crippen molar-refractivity contribution in [3.05, 3.63) is 23.8 Å². The number of rotatable bonds is 4. The summed E-state index contributed by atoms with van der Waals surface area (Å²) in [5, 5.41) is 0. The number of benzene rings is 1. The van der Waals surface area contributed by atoms with Gasteiger partial charge < -0.3 is 10.6 Å². The average molecular weight is 314 g/mol. The van der Waals surface area contributed by atoms with Crippen LogP contribution in [0, 0.1) is 0 Å². The maximum atomic E-state index is 11.7. The van der Waals surface area contributed by atoms with Gasteiger partial charge in [0.2, 0.25) is 0 Å². The molecule has 0 amide bonds. The SMILES string of the molecule is CCSc1cccc(N2CCCS(=O)(=O)CC2)c1CN. The van der Waals surface area contributed by atoms with E-state index < -0.39 is 9.84 Å². The third-order valence-corrected chi connectivity index (χ3v) is 6.21. The van der Waals surface area contributed by atoms with Crippen molar-refractivity contribution in [1.29, 1.82) is 0 Å². The molecule has 0 aliphatic carbocycles. The lowest BCUT2D eigenvalue weighted by molar-refractivity contribution is 0.597. The van der Waals surface area contributed by atoms with Crippen molar-refractivity contribution >= 4 is 27.3 Å². The van der Waals surface area contributed by atoms with Gasteiger partial charge in [0.25, 0.3) is 0 Å². The van der Waals surface area contributed by atoms with E-state index >= 15 is 0 Å². The molecular weight excluding hydrogens is 292 g/mol. The van der Waals surface area contributed by atoms with Crippen molar-refractivity contribution in [3.63, 3.8) is 0 Å². The first-order valence-electron chi connectivity index (χ1n) is 6.97. The summed E-state index contributed by atoms with van der Waals surface area (Å²) in [5.74, 6) is 1.54. The van der Waals surface area contributed by atoms with E-state index in [0.717, 1.165) is 23.5 Å². The standard InChI is InChI=1S/C14H22N2O2S2/c1-2-19-14-6-3-5-13(12(14)11-15)16-7-4-9-20(17,18)10-8-16/h3,5-6H,2,4,7-11,15H2,1H3. The Balaban J connectivity index is 2.29. The van der Waals surface area contributed by atoms with Gasteiger partial charge in [0.05, 0.1) is 11.5 Å². The fourth-order valence-electron chi connectivity index (χ4n) is 2.53. The Kier molecular flexibility index (Phi) is 5.35. The summed E-state index contributed by atoms with van der Waals surface area (Å²) in [5.41, 5.74) is 8.16. The van der Waals surface area contributed by atoms with Crippen LogP contribution in [0.15, 0.2) is 23.1 Å². The van der Waals surface area contributed by atoms with Crippen LogP contribution in [0.3, 0.4) is 0 Å².